The summed E-state index contributed by atoms with van der Waals surface area (Å²) in [5.41, 5.74) is 0.658. The zero-order valence-corrected chi connectivity index (χ0v) is 19.9. The number of ether oxygens (including phenoxy) is 1. The van der Waals surface area contributed by atoms with E-state index in [2.05, 4.69) is 16.7 Å². The number of phenols is 1. The molecule has 8 nitrogen and oxygen atoms in total. The van der Waals surface area contributed by atoms with Crippen LogP contribution in [0.15, 0.2) is 60.9 Å². The Bertz CT molecular complexity index is 1500. The van der Waals surface area contributed by atoms with E-state index in [0.717, 1.165) is 32.7 Å². The van der Waals surface area contributed by atoms with Crippen molar-refractivity contribution in [3.63, 3.8) is 0 Å². The van der Waals surface area contributed by atoms with Gasteiger partial charge in [-0.05, 0) is 37.7 Å². The molecule has 0 bridgehead atoms. The van der Waals surface area contributed by atoms with Crippen molar-refractivity contribution in [2.45, 2.75) is 20.4 Å². The van der Waals surface area contributed by atoms with Gasteiger partial charge in [0.25, 0.3) is 0 Å². The lowest BCUT2D eigenvalue weighted by Crippen LogP contribution is -2.45. The number of likely N-dealkylation sites (N-methyl/N-ethyl adjacent to an activating group) is 1. The largest absolute Gasteiger partial charge is 0.507 e. The summed E-state index contributed by atoms with van der Waals surface area (Å²) < 4.78 is 16.8. The van der Waals surface area contributed by atoms with Crippen molar-refractivity contribution in [2.24, 2.45) is 0 Å². The molecule has 0 unspecified atom stereocenters. The molecule has 1 aliphatic heterocycles. The zero-order chi connectivity index (χ0) is 24.5. The van der Waals surface area contributed by atoms with Crippen LogP contribution in [0.2, 0.25) is 0 Å². The Labute approximate surface area is 201 Å². The second-order valence-corrected chi connectivity index (χ2v) is 8.68. The molecule has 0 radical (unpaired) electrons. The van der Waals surface area contributed by atoms with Crippen LogP contribution in [0, 0.1) is 0 Å². The first-order valence-corrected chi connectivity index (χ1v) is 11.9. The van der Waals surface area contributed by atoms with E-state index >= 15 is 0 Å². The molecule has 1 saturated heterocycles. The monoisotopic (exact) mass is 476 g/mol. The van der Waals surface area contributed by atoms with Gasteiger partial charge >= 0.3 is 11.3 Å². The lowest BCUT2D eigenvalue weighted by molar-refractivity contribution is 0.131. The van der Waals surface area contributed by atoms with Gasteiger partial charge in [0.2, 0.25) is 0 Å². The maximum Gasteiger partial charge on any atom is 0.344 e. The van der Waals surface area contributed by atoms with Crippen molar-refractivity contribution in [1.82, 2.24) is 9.80 Å². The van der Waals surface area contributed by atoms with Crippen LogP contribution in [0.3, 0.4) is 0 Å². The Balaban J connectivity index is 1.63. The third kappa shape index (κ3) is 4.42. The maximum absolute atomic E-state index is 13.1. The quantitative estimate of drug-likeness (QED) is 0.420. The van der Waals surface area contributed by atoms with Crippen LogP contribution in [-0.2, 0) is 6.54 Å². The standard InChI is InChI=1S/C27H28N2O6/c1-3-28-10-12-29(13-11-28)16-21-22(30)9-8-18-19(15-24(31)34-26(18)21)20-14-17-6-5-7-23(33-4-2)25(17)35-27(20)32/h5-9,14-15,30H,3-4,10-13,16H2,1-2H3. The van der Waals surface area contributed by atoms with Crippen LogP contribution in [-0.4, -0.2) is 54.2 Å². The molecule has 1 fully saturated rings. The first-order valence-electron chi connectivity index (χ1n) is 11.9. The summed E-state index contributed by atoms with van der Waals surface area (Å²) in [4.78, 5) is 30.3. The minimum Gasteiger partial charge on any atom is -0.507 e. The van der Waals surface area contributed by atoms with E-state index in [1.165, 1.54) is 6.07 Å². The molecule has 5 rings (SSSR count). The molecule has 0 spiro atoms. The van der Waals surface area contributed by atoms with Crippen LogP contribution < -0.4 is 16.0 Å². The summed E-state index contributed by atoms with van der Waals surface area (Å²) in [6, 6.07) is 11.6. The van der Waals surface area contributed by atoms with Gasteiger partial charge in [0, 0.05) is 55.1 Å². The first kappa shape index (κ1) is 23.1. The van der Waals surface area contributed by atoms with Crippen LogP contribution in [0.5, 0.6) is 11.5 Å². The van der Waals surface area contributed by atoms with E-state index in [1.807, 2.05) is 19.1 Å². The SMILES string of the molecule is CCOc1cccc2cc(-c3cc(=O)oc4c(CN5CCN(CC)CC5)c(O)ccc34)c(=O)oc12. The van der Waals surface area contributed by atoms with Gasteiger partial charge in [-0.25, -0.2) is 9.59 Å². The molecule has 1 aliphatic rings. The molecule has 182 valence electrons. The molecule has 3 heterocycles. The van der Waals surface area contributed by atoms with Crippen LogP contribution in [0.25, 0.3) is 33.1 Å². The third-order valence-electron chi connectivity index (χ3n) is 6.60. The second-order valence-electron chi connectivity index (χ2n) is 8.68. The molecular formula is C27H28N2O6. The fraction of sp³-hybridized carbons (Fsp3) is 0.333. The normalized spacial score (nSPS) is 15.1. The van der Waals surface area contributed by atoms with Gasteiger partial charge in [-0.3, -0.25) is 4.90 Å². The highest BCUT2D eigenvalue weighted by Crippen LogP contribution is 2.34. The predicted octanol–water partition coefficient (Wildman–Crippen LogP) is 3.81. The molecule has 1 N–H and O–H groups in total. The lowest BCUT2D eigenvalue weighted by atomic mass is 9.99. The van der Waals surface area contributed by atoms with Gasteiger partial charge in [0.1, 0.15) is 11.3 Å². The molecule has 2 aromatic carbocycles. The zero-order valence-electron chi connectivity index (χ0n) is 19.9. The summed E-state index contributed by atoms with van der Waals surface area (Å²) in [6.07, 6.45) is 0. The Kier molecular flexibility index (Phi) is 6.32. The number of phenolic OH excluding ortho intramolecular Hbond substituents is 1. The average Bonchev–Trinajstić information content (AvgIpc) is 2.86. The first-order chi connectivity index (χ1) is 17.0. The number of aromatic hydroxyl groups is 1. The van der Waals surface area contributed by atoms with E-state index < -0.39 is 11.3 Å². The van der Waals surface area contributed by atoms with E-state index in [4.69, 9.17) is 13.6 Å². The Morgan fingerprint density at radius 1 is 0.914 bits per heavy atom. The third-order valence-corrected chi connectivity index (χ3v) is 6.60. The lowest BCUT2D eigenvalue weighted by Gasteiger charge is -2.34. The number of para-hydroxylation sites is 1. The molecule has 8 heteroatoms. The summed E-state index contributed by atoms with van der Waals surface area (Å²) in [5.74, 6) is 0.545. The molecule has 4 aromatic rings. The van der Waals surface area contributed by atoms with Gasteiger partial charge in [-0.1, -0.05) is 19.1 Å². The predicted molar refractivity (Wildman–Crippen MR) is 134 cm³/mol. The van der Waals surface area contributed by atoms with Crippen LogP contribution in [0.1, 0.15) is 19.4 Å². The Morgan fingerprint density at radius 3 is 2.43 bits per heavy atom. The number of hydrogen-bond acceptors (Lipinski definition) is 8. The van der Waals surface area contributed by atoms with Gasteiger partial charge < -0.3 is 23.6 Å². The minimum atomic E-state index is -0.599. The molecule has 0 amide bonds. The fourth-order valence-electron chi connectivity index (χ4n) is 4.71. The number of fused-ring (bicyclic) bond motifs is 2. The number of hydrogen-bond donors (Lipinski definition) is 1. The molecule has 2 aromatic heterocycles. The van der Waals surface area contributed by atoms with E-state index in [1.54, 1.807) is 24.3 Å². The summed E-state index contributed by atoms with van der Waals surface area (Å²) >= 11 is 0. The van der Waals surface area contributed by atoms with Gasteiger partial charge in [-0.2, -0.15) is 0 Å². The van der Waals surface area contributed by atoms with Crippen molar-refractivity contribution >= 4 is 21.9 Å². The highest BCUT2D eigenvalue weighted by atomic mass is 16.5. The van der Waals surface area contributed by atoms with Crippen LogP contribution >= 0.6 is 0 Å². The summed E-state index contributed by atoms with van der Waals surface area (Å²) in [6.45, 7) is 9.48. The van der Waals surface area contributed by atoms with Gasteiger partial charge in [0.15, 0.2) is 11.3 Å². The Hall–Kier alpha value is -3.62. The minimum absolute atomic E-state index is 0.0580. The summed E-state index contributed by atoms with van der Waals surface area (Å²) in [7, 11) is 0. The second kappa shape index (κ2) is 9.56. The molecule has 35 heavy (non-hydrogen) atoms. The average molecular weight is 477 g/mol. The fourth-order valence-corrected chi connectivity index (χ4v) is 4.71. The van der Waals surface area contributed by atoms with Gasteiger partial charge in [-0.15, -0.1) is 0 Å². The molecule has 0 atom stereocenters. The highest BCUT2D eigenvalue weighted by Gasteiger charge is 2.22. The number of rotatable bonds is 6. The number of piperazine rings is 1. The topological polar surface area (TPSA) is 96.4 Å². The smallest absolute Gasteiger partial charge is 0.344 e. The van der Waals surface area contributed by atoms with Crippen molar-refractivity contribution < 1.29 is 18.7 Å². The summed E-state index contributed by atoms with van der Waals surface area (Å²) in [5, 5.41) is 11.9. The van der Waals surface area contributed by atoms with E-state index in [9.17, 15) is 14.7 Å². The number of nitrogens with zero attached hydrogens (tertiary/aromatic N) is 2. The molecular weight excluding hydrogens is 448 g/mol. The molecule has 0 saturated carbocycles. The van der Waals surface area contributed by atoms with E-state index in [0.29, 0.717) is 46.4 Å². The highest BCUT2D eigenvalue weighted by molar-refractivity contribution is 5.97. The number of benzene rings is 2. The van der Waals surface area contributed by atoms with Crippen molar-refractivity contribution in [1.29, 1.82) is 0 Å². The van der Waals surface area contributed by atoms with Crippen LogP contribution in [0.4, 0.5) is 0 Å². The van der Waals surface area contributed by atoms with Crippen molar-refractivity contribution in [3.8, 4) is 22.6 Å². The van der Waals surface area contributed by atoms with Crippen molar-refractivity contribution in [2.75, 3.05) is 39.3 Å². The Morgan fingerprint density at radius 2 is 1.69 bits per heavy atom. The molecule has 0 aliphatic carbocycles. The van der Waals surface area contributed by atoms with E-state index in [-0.39, 0.29) is 16.9 Å². The maximum atomic E-state index is 13.1. The van der Waals surface area contributed by atoms with Crippen molar-refractivity contribution in [3.05, 3.63) is 68.9 Å². The van der Waals surface area contributed by atoms with Gasteiger partial charge in [0.05, 0.1) is 17.7 Å².